The molecule has 1 aromatic heterocycles. The average Bonchev–Trinajstić information content (AvgIpc) is 2.32. The Labute approximate surface area is 111 Å². The average molecular weight is 291 g/mol. The van der Waals surface area contributed by atoms with Crippen molar-refractivity contribution in [2.24, 2.45) is 0 Å². The molecule has 18 heavy (non-hydrogen) atoms. The minimum absolute atomic E-state index is 0.00205. The summed E-state index contributed by atoms with van der Waals surface area (Å²) < 4.78 is 26.8. The lowest BCUT2D eigenvalue weighted by atomic mass is 9.94. The van der Waals surface area contributed by atoms with Gasteiger partial charge in [0.15, 0.2) is 0 Å². The molecule has 100 valence electrons. The summed E-state index contributed by atoms with van der Waals surface area (Å²) in [6.07, 6.45) is 3.64. The number of pyridine rings is 1. The first-order valence-electron chi connectivity index (χ1n) is 5.80. The molecule has 1 aromatic rings. The fourth-order valence-corrected chi connectivity index (χ4v) is 3.81. The van der Waals surface area contributed by atoms with Gasteiger partial charge in [-0.25, -0.2) is 18.1 Å². The lowest BCUT2D eigenvalue weighted by molar-refractivity contribution is 0.120. The molecule has 7 heteroatoms. The fraction of sp³-hybridized carbons (Fsp3) is 0.545. The van der Waals surface area contributed by atoms with Crippen molar-refractivity contribution < 1.29 is 13.5 Å². The predicted octanol–water partition coefficient (Wildman–Crippen LogP) is 1.32. The Bertz CT molecular complexity index is 513. The third-order valence-corrected chi connectivity index (χ3v) is 5.00. The molecule has 5 nitrogen and oxygen atoms in total. The smallest absolute Gasteiger partial charge is 0.243 e. The highest BCUT2D eigenvalue weighted by molar-refractivity contribution is 7.89. The zero-order valence-electron chi connectivity index (χ0n) is 9.71. The van der Waals surface area contributed by atoms with Crippen molar-refractivity contribution in [3.05, 3.63) is 23.5 Å². The van der Waals surface area contributed by atoms with Crippen molar-refractivity contribution in [3.63, 3.8) is 0 Å². The second-order valence-electron chi connectivity index (χ2n) is 4.42. The number of hydrogen-bond donors (Lipinski definition) is 2. The molecule has 1 heterocycles. The van der Waals surface area contributed by atoms with Gasteiger partial charge in [-0.05, 0) is 37.8 Å². The number of rotatable bonds is 3. The summed E-state index contributed by atoms with van der Waals surface area (Å²) in [6, 6.07) is 2.81. The molecular formula is C11H15ClN2O3S. The Hall–Kier alpha value is -0.690. The van der Waals surface area contributed by atoms with Gasteiger partial charge in [-0.15, -0.1) is 0 Å². The van der Waals surface area contributed by atoms with Gasteiger partial charge < -0.3 is 5.11 Å². The van der Waals surface area contributed by atoms with Crippen LogP contribution in [0.15, 0.2) is 23.2 Å². The first kappa shape index (κ1) is 13.7. The van der Waals surface area contributed by atoms with Crippen LogP contribution in [-0.4, -0.2) is 30.7 Å². The Kier molecular flexibility index (Phi) is 4.21. The second-order valence-corrected chi connectivity index (χ2v) is 6.46. The fourth-order valence-electron chi connectivity index (χ4n) is 2.05. The van der Waals surface area contributed by atoms with Gasteiger partial charge in [-0.2, -0.15) is 0 Å². The molecule has 1 aliphatic carbocycles. The van der Waals surface area contributed by atoms with Crippen LogP contribution in [0, 0.1) is 0 Å². The van der Waals surface area contributed by atoms with Gasteiger partial charge in [0.2, 0.25) is 10.0 Å². The van der Waals surface area contributed by atoms with Crippen molar-refractivity contribution >= 4 is 21.6 Å². The van der Waals surface area contributed by atoms with E-state index in [0.29, 0.717) is 25.7 Å². The summed E-state index contributed by atoms with van der Waals surface area (Å²) in [5, 5.41) is 9.35. The van der Waals surface area contributed by atoms with E-state index in [1.807, 2.05) is 0 Å². The predicted molar refractivity (Wildman–Crippen MR) is 67.8 cm³/mol. The van der Waals surface area contributed by atoms with Crippen LogP contribution in [0.1, 0.15) is 25.7 Å². The summed E-state index contributed by atoms with van der Waals surface area (Å²) in [6.45, 7) is 0. The van der Waals surface area contributed by atoms with Crippen LogP contribution < -0.4 is 4.72 Å². The van der Waals surface area contributed by atoms with E-state index in [4.69, 9.17) is 11.6 Å². The van der Waals surface area contributed by atoms with E-state index in [-0.39, 0.29) is 22.2 Å². The number of aromatic nitrogens is 1. The maximum atomic E-state index is 12.1. The van der Waals surface area contributed by atoms with Crippen LogP contribution in [0.3, 0.4) is 0 Å². The molecule has 0 unspecified atom stereocenters. The van der Waals surface area contributed by atoms with E-state index in [0.717, 1.165) is 0 Å². The summed E-state index contributed by atoms with van der Waals surface area (Å²) in [5.74, 6) is 0. The SMILES string of the molecule is O=S(=O)(NC1CCC(O)CC1)c1cccnc1Cl. The van der Waals surface area contributed by atoms with Crippen LogP contribution in [0.5, 0.6) is 0 Å². The molecule has 2 rings (SSSR count). The topological polar surface area (TPSA) is 79.3 Å². The quantitative estimate of drug-likeness (QED) is 0.823. The molecule has 0 saturated heterocycles. The highest BCUT2D eigenvalue weighted by Gasteiger charge is 2.26. The van der Waals surface area contributed by atoms with Gasteiger partial charge in [0.1, 0.15) is 10.0 Å². The highest BCUT2D eigenvalue weighted by Crippen LogP contribution is 2.22. The number of aliphatic hydroxyl groups is 1. The Morgan fingerprint density at radius 1 is 1.33 bits per heavy atom. The second kappa shape index (κ2) is 5.52. The van der Waals surface area contributed by atoms with E-state index in [2.05, 4.69) is 9.71 Å². The summed E-state index contributed by atoms with van der Waals surface area (Å²) in [5.41, 5.74) is 0. The molecule has 1 saturated carbocycles. The minimum atomic E-state index is -3.63. The van der Waals surface area contributed by atoms with Crippen LogP contribution in [0.4, 0.5) is 0 Å². The molecule has 0 aromatic carbocycles. The maximum absolute atomic E-state index is 12.1. The van der Waals surface area contributed by atoms with Gasteiger partial charge in [0, 0.05) is 12.2 Å². The van der Waals surface area contributed by atoms with Crippen molar-refractivity contribution in [1.29, 1.82) is 0 Å². The van der Waals surface area contributed by atoms with E-state index in [1.165, 1.54) is 18.3 Å². The standard InChI is InChI=1S/C11H15ClN2O3S/c12-11-10(2-1-7-13-11)18(16,17)14-8-3-5-9(15)6-4-8/h1-2,7-9,14-15H,3-6H2. The molecule has 1 fully saturated rings. The van der Waals surface area contributed by atoms with Crippen molar-refractivity contribution in [2.75, 3.05) is 0 Å². The third kappa shape index (κ3) is 3.20. The Morgan fingerprint density at radius 3 is 2.61 bits per heavy atom. The van der Waals surface area contributed by atoms with Crippen molar-refractivity contribution in [2.45, 2.75) is 42.7 Å². The van der Waals surface area contributed by atoms with Gasteiger partial charge in [-0.1, -0.05) is 11.6 Å². The number of sulfonamides is 1. The lowest BCUT2D eigenvalue weighted by Gasteiger charge is -2.26. The molecule has 2 N–H and O–H groups in total. The number of hydrogen-bond acceptors (Lipinski definition) is 4. The maximum Gasteiger partial charge on any atom is 0.243 e. The summed E-state index contributed by atoms with van der Waals surface area (Å²) in [4.78, 5) is 3.75. The van der Waals surface area contributed by atoms with Gasteiger partial charge in [-0.3, -0.25) is 0 Å². The molecule has 1 aliphatic rings. The Morgan fingerprint density at radius 2 is 2.00 bits per heavy atom. The largest absolute Gasteiger partial charge is 0.393 e. The molecule has 0 bridgehead atoms. The number of aliphatic hydroxyl groups excluding tert-OH is 1. The van der Waals surface area contributed by atoms with Crippen molar-refractivity contribution in [3.8, 4) is 0 Å². The molecular weight excluding hydrogens is 276 g/mol. The Balaban J connectivity index is 2.11. The minimum Gasteiger partial charge on any atom is -0.393 e. The third-order valence-electron chi connectivity index (χ3n) is 3.03. The molecule has 0 spiro atoms. The first-order valence-corrected chi connectivity index (χ1v) is 7.66. The number of halogens is 1. The van der Waals surface area contributed by atoms with Crippen LogP contribution >= 0.6 is 11.6 Å². The molecule has 0 aliphatic heterocycles. The van der Waals surface area contributed by atoms with Crippen LogP contribution in [-0.2, 0) is 10.0 Å². The molecule has 0 amide bonds. The zero-order chi connectivity index (χ0) is 13.2. The number of nitrogens with zero attached hydrogens (tertiary/aromatic N) is 1. The lowest BCUT2D eigenvalue weighted by Crippen LogP contribution is -2.38. The summed E-state index contributed by atoms with van der Waals surface area (Å²) in [7, 11) is -3.63. The van der Waals surface area contributed by atoms with Crippen LogP contribution in [0.25, 0.3) is 0 Å². The first-order chi connectivity index (χ1) is 8.49. The number of nitrogens with one attached hydrogen (secondary N) is 1. The normalized spacial score (nSPS) is 25.0. The molecule has 0 radical (unpaired) electrons. The van der Waals surface area contributed by atoms with Gasteiger partial charge in [0.25, 0.3) is 0 Å². The zero-order valence-corrected chi connectivity index (χ0v) is 11.3. The molecule has 0 atom stereocenters. The van der Waals surface area contributed by atoms with E-state index < -0.39 is 10.0 Å². The van der Waals surface area contributed by atoms with Gasteiger partial charge >= 0.3 is 0 Å². The summed E-state index contributed by atoms with van der Waals surface area (Å²) >= 11 is 5.78. The van der Waals surface area contributed by atoms with Crippen LogP contribution in [0.2, 0.25) is 5.15 Å². The van der Waals surface area contributed by atoms with E-state index in [1.54, 1.807) is 0 Å². The van der Waals surface area contributed by atoms with E-state index in [9.17, 15) is 13.5 Å². The van der Waals surface area contributed by atoms with E-state index >= 15 is 0 Å². The monoisotopic (exact) mass is 290 g/mol. The van der Waals surface area contributed by atoms with Crippen molar-refractivity contribution in [1.82, 2.24) is 9.71 Å². The van der Waals surface area contributed by atoms with Gasteiger partial charge in [0.05, 0.1) is 6.10 Å². The highest BCUT2D eigenvalue weighted by atomic mass is 35.5.